The summed E-state index contributed by atoms with van der Waals surface area (Å²) in [5.74, 6) is 0. The Labute approximate surface area is 137 Å². The number of aromatic nitrogens is 5. The second-order valence-electron chi connectivity index (χ2n) is 6.08. The predicted molar refractivity (Wildman–Crippen MR) is 87.3 cm³/mol. The fourth-order valence-electron chi connectivity index (χ4n) is 2.41. The van der Waals surface area contributed by atoms with Gasteiger partial charge in [0.15, 0.2) is 0 Å². The van der Waals surface area contributed by atoms with Crippen molar-refractivity contribution in [1.82, 2.24) is 24.3 Å². The highest BCUT2D eigenvalue weighted by Gasteiger charge is 2.18. The van der Waals surface area contributed by atoms with Crippen LogP contribution in [0.1, 0.15) is 13.8 Å². The Kier molecular flexibility index (Phi) is 3.69. The molecule has 0 radical (unpaired) electrons. The average molecular weight is 334 g/mol. The SMILES string of the molecule is Cn1cc(-c2nc(Cl)cc3c(=O)n(CC(C)(C)O)cnc23)cn1. The van der Waals surface area contributed by atoms with Crippen molar-refractivity contribution in [3.05, 3.63) is 40.3 Å². The highest BCUT2D eigenvalue weighted by molar-refractivity contribution is 6.30. The molecular formula is C15H16ClN5O2. The van der Waals surface area contributed by atoms with Gasteiger partial charge in [-0.15, -0.1) is 0 Å². The van der Waals surface area contributed by atoms with Crippen molar-refractivity contribution in [3.63, 3.8) is 0 Å². The van der Waals surface area contributed by atoms with E-state index in [9.17, 15) is 9.90 Å². The van der Waals surface area contributed by atoms with Crippen molar-refractivity contribution < 1.29 is 5.11 Å². The number of aryl methyl sites for hydroxylation is 1. The van der Waals surface area contributed by atoms with Gasteiger partial charge in [-0.2, -0.15) is 5.10 Å². The zero-order valence-corrected chi connectivity index (χ0v) is 13.7. The van der Waals surface area contributed by atoms with Crippen LogP contribution >= 0.6 is 11.6 Å². The van der Waals surface area contributed by atoms with E-state index in [0.717, 1.165) is 5.56 Å². The largest absolute Gasteiger partial charge is 0.389 e. The summed E-state index contributed by atoms with van der Waals surface area (Å²) in [6.45, 7) is 3.39. The minimum absolute atomic E-state index is 0.136. The first-order valence-electron chi connectivity index (χ1n) is 7.02. The number of hydrogen-bond acceptors (Lipinski definition) is 5. The van der Waals surface area contributed by atoms with Gasteiger partial charge < -0.3 is 5.11 Å². The molecule has 1 N–H and O–H groups in total. The van der Waals surface area contributed by atoms with E-state index < -0.39 is 5.60 Å². The lowest BCUT2D eigenvalue weighted by Crippen LogP contribution is -2.32. The summed E-state index contributed by atoms with van der Waals surface area (Å²) in [6, 6.07) is 1.49. The van der Waals surface area contributed by atoms with Gasteiger partial charge in [-0.3, -0.25) is 14.0 Å². The van der Waals surface area contributed by atoms with E-state index in [0.29, 0.717) is 16.6 Å². The minimum Gasteiger partial charge on any atom is -0.389 e. The Morgan fingerprint density at radius 2 is 2.13 bits per heavy atom. The topological polar surface area (TPSA) is 85.8 Å². The first kappa shape index (κ1) is 15.6. The lowest BCUT2D eigenvalue weighted by molar-refractivity contribution is 0.0603. The number of hydrogen-bond donors (Lipinski definition) is 1. The maximum absolute atomic E-state index is 12.7. The smallest absolute Gasteiger partial charge is 0.261 e. The van der Waals surface area contributed by atoms with Crippen LogP contribution in [0.4, 0.5) is 0 Å². The average Bonchev–Trinajstić information content (AvgIpc) is 2.87. The van der Waals surface area contributed by atoms with E-state index >= 15 is 0 Å². The van der Waals surface area contributed by atoms with Crippen molar-refractivity contribution in [1.29, 1.82) is 0 Å². The van der Waals surface area contributed by atoms with Gasteiger partial charge in [0.05, 0.1) is 30.1 Å². The number of halogens is 1. The van der Waals surface area contributed by atoms with E-state index in [1.165, 1.54) is 17.0 Å². The van der Waals surface area contributed by atoms with E-state index in [2.05, 4.69) is 15.1 Å². The Morgan fingerprint density at radius 3 is 2.74 bits per heavy atom. The number of nitrogens with zero attached hydrogens (tertiary/aromatic N) is 5. The molecule has 0 aliphatic heterocycles. The summed E-state index contributed by atoms with van der Waals surface area (Å²) in [5, 5.41) is 14.6. The predicted octanol–water partition coefficient (Wildman–Crippen LogP) is 1.62. The van der Waals surface area contributed by atoms with Crippen molar-refractivity contribution in [2.45, 2.75) is 26.0 Å². The number of fused-ring (bicyclic) bond motifs is 1. The normalized spacial score (nSPS) is 12.0. The molecule has 0 atom stereocenters. The molecule has 0 unspecified atom stereocenters. The molecule has 0 bridgehead atoms. The molecule has 0 aliphatic rings. The molecule has 7 nitrogen and oxygen atoms in total. The molecule has 23 heavy (non-hydrogen) atoms. The summed E-state index contributed by atoms with van der Waals surface area (Å²) in [5.41, 5.74) is 0.397. The monoisotopic (exact) mass is 333 g/mol. The van der Waals surface area contributed by atoms with Crippen molar-refractivity contribution in [2.75, 3.05) is 0 Å². The molecule has 0 amide bonds. The molecular weight excluding hydrogens is 318 g/mol. The van der Waals surface area contributed by atoms with Gasteiger partial charge >= 0.3 is 0 Å². The van der Waals surface area contributed by atoms with E-state index in [1.54, 1.807) is 38.0 Å². The highest BCUT2D eigenvalue weighted by Crippen LogP contribution is 2.25. The van der Waals surface area contributed by atoms with E-state index in [4.69, 9.17) is 11.6 Å². The van der Waals surface area contributed by atoms with Gasteiger partial charge in [0.2, 0.25) is 0 Å². The zero-order valence-electron chi connectivity index (χ0n) is 13.0. The van der Waals surface area contributed by atoms with Crippen LogP contribution in [0.3, 0.4) is 0 Å². The lowest BCUT2D eigenvalue weighted by atomic mass is 10.1. The lowest BCUT2D eigenvalue weighted by Gasteiger charge is -2.18. The van der Waals surface area contributed by atoms with E-state index in [1.807, 2.05) is 0 Å². The Hall–Kier alpha value is -2.25. The summed E-state index contributed by atoms with van der Waals surface area (Å²) in [4.78, 5) is 21.3. The highest BCUT2D eigenvalue weighted by atomic mass is 35.5. The molecule has 0 fully saturated rings. The fraction of sp³-hybridized carbons (Fsp3) is 0.333. The second-order valence-corrected chi connectivity index (χ2v) is 6.47. The van der Waals surface area contributed by atoms with Crippen LogP contribution in [0.25, 0.3) is 22.2 Å². The van der Waals surface area contributed by atoms with Crippen LogP contribution in [0.5, 0.6) is 0 Å². The Balaban J connectivity index is 2.25. The van der Waals surface area contributed by atoms with Crippen LogP contribution < -0.4 is 5.56 Å². The Morgan fingerprint density at radius 1 is 1.39 bits per heavy atom. The third-order valence-electron chi connectivity index (χ3n) is 3.31. The van der Waals surface area contributed by atoms with Crippen LogP contribution in [-0.4, -0.2) is 35.0 Å². The second kappa shape index (κ2) is 5.43. The van der Waals surface area contributed by atoms with E-state index in [-0.39, 0.29) is 17.3 Å². The summed E-state index contributed by atoms with van der Waals surface area (Å²) >= 11 is 6.07. The quantitative estimate of drug-likeness (QED) is 0.736. The molecule has 0 aliphatic carbocycles. The van der Waals surface area contributed by atoms with Gasteiger partial charge in [-0.25, -0.2) is 9.97 Å². The molecule has 3 heterocycles. The maximum Gasteiger partial charge on any atom is 0.261 e. The molecule has 3 rings (SSSR count). The third-order valence-corrected chi connectivity index (χ3v) is 3.51. The first-order valence-corrected chi connectivity index (χ1v) is 7.39. The van der Waals surface area contributed by atoms with Crippen LogP contribution in [0, 0.1) is 0 Å². The first-order chi connectivity index (χ1) is 10.7. The van der Waals surface area contributed by atoms with Crippen molar-refractivity contribution in [2.24, 2.45) is 7.05 Å². The molecule has 8 heteroatoms. The molecule has 0 saturated heterocycles. The molecule has 0 saturated carbocycles. The van der Waals surface area contributed by atoms with Gasteiger partial charge in [-0.05, 0) is 19.9 Å². The van der Waals surface area contributed by atoms with Crippen molar-refractivity contribution in [3.8, 4) is 11.3 Å². The molecule has 120 valence electrons. The Bertz CT molecular complexity index is 939. The number of aliphatic hydroxyl groups is 1. The van der Waals surface area contributed by atoms with Crippen LogP contribution in [-0.2, 0) is 13.6 Å². The van der Waals surface area contributed by atoms with Gasteiger partial charge in [0, 0.05) is 18.8 Å². The summed E-state index contributed by atoms with van der Waals surface area (Å²) in [7, 11) is 1.79. The molecule has 0 spiro atoms. The van der Waals surface area contributed by atoms with Gasteiger partial charge in [-0.1, -0.05) is 11.6 Å². The van der Waals surface area contributed by atoms with Crippen LogP contribution in [0.2, 0.25) is 5.15 Å². The van der Waals surface area contributed by atoms with Gasteiger partial charge in [0.25, 0.3) is 5.56 Å². The standard InChI is InChI=1S/C15H16ClN5O2/c1-15(2,23)7-21-8-17-13-10(14(21)22)4-11(16)19-12(13)9-5-18-20(3)6-9/h4-6,8,23H,7H2,1-3H3. The summed E-state index contributed by atoms with van der Waals surface area (Å²) in [6.07, 6.45) is 4.84. The van der Waals surface area contributed by atoms with Crippen molar-refractivity contribution >= 4 is 22.5 Å². The maximum atomic E-state index is 12.7. The minimum atomic E-state index is -1.03. The zero-order chi connectivity index (χ0) is 16.8. The summed E-state index contributed by atoms with van der Waals surface area (Å²) < 4.78 is 3.00. The van der Waals surface area contributed by atoms with Gasteiger partial charge in [0.1, 0.15) is 16.4 Å². The molecule has 0 aromatic carbocycles. The van der Waals surface area contributed by atoms with Crippen LogP contribution in [0.15, 0.2) is 29.6 Å². The third kappa shape index (κ3) is 3.11. The number of rotatable bonds is 3. The fourth-order valence-corrected chi connectivity index (χ4v) is 2.60. The molecule has 3 aromatic rings. The number of pyridine rings is 1. The molecule has 3 aromatic heterocycles.